The van der Waals surface area contributed by atoms with Gasteiger partial charge < -0.3 is 29.5 Å². The number of nitrogens with zero attached hydrogens (tertiary/aromatic N) is 3. The molecule has 2 aromatic rings. The number of benzene rings is 1. The second-order valence-electron chi connectivity index (χ2n) is 10.8. The Kier molecular flexibility index (Phi) is 19.4. The van der Waals surface area contributed by atoms with Gasteiger partial charge in [-0.05, 0) is 51.9 Å². The Labute approximate surface area is 280 Å². The summed E-state index contributed by atoms with van der Waals surface area (Å²) in [7, 11) is 4.30. The van der Waals surface area contributed by atoms with Crippen LogP contribution in [0, 0.1) is 11.8 Å². The average molecular weight is 655 g/mol. The smallest absolute Gasteiger partial charge is 0.332 e. The molecule has 2 aliphatic carbocycles. The van der Waals surface area contributed by atoms with Gasteiger partial charge in [-0.15, -0.1) is 13.2 Å². The van der Waals surface area contributed by atoms with Crippen molar-refractivity contribution in [3.63, 3.8) is 0 Å². The lowest BCUT2D eigenvalue weighted by Gasteiger charge is -2.20. The number of rotatable bonds is 15. The summed E-state index contributed by atoms with van der Waals surface area (Å²) in [6, 6.07) is 11.7. The summed E-state index contributed by atoms with van der Waals surface area (Å²) in [6.45, 7) is 14.3. The number of aliphatic hydroxyl groups is 1. The van der Waals surface area contributed by atoms with Crippen LogP contribution in [0.25, 0.3) is 11.3 Å². The van der Waals surface area contributed by atoms with E-state index in [9.17, 15) is 14.4 Å². The van der Waals surface area contributed by atoms with Crippen LogP contribution < -0.4 is 14.8 Å². The molecule has 4 atom stereocenters. The number of amides is 2. The number of hydrogen-bond acceptors (Lipinski definition) is 9. The average Bonchev–Trinajstić information content (AvgIpc) is 3.64. The predicted octanol–water partition coefficient (Wildman–Crippen LogP) is 5.39. The van der Waals surface area contributed by atoms with Gasteiger partial charge in [-0.3, -0.25) is 9.59 Å². The second-order valence-corrected chi connectivity index (χ2v) is 10.8. The van der Waals surface area contributed by atoms with Crippen LogP contribution in [0.4, 0.5) is 0 Å². The SMILES string of the molecule is C=CCCCCN(C)C=O.C=C[C@@H]1C[C@]1(NC(=O)C1CC[C@H](Oc2cc(-c3ccccc3)nc(OC)n2)C1)C(=O)OCC.CC.CO. The van der Waals surface area contributed by atoms with E-state index in [1.54, 1.807) is 31.0 Å². The third-order valence-corrected chi connectivity index (χ3v) is 7.61. The Balaban J connectivity index is 0.000000672. The first-order chi connectivity index (χ1) is 22.8. The van der Waals surface area contributed by atoms with Crippen molar-refractivity contribution in [3.05, 3.63) is 61.7 Å². The number of aliphatic hydroxyl groups excluding tert-OH is 1. The minimum absolute atomic E-state index is 0.0983. The Morgan fingerprint density at radius 2 is 1.83 bits per heavy atom. The second kappa shape index (κ2) is 22.3. The van der Waals surface area contributed by atoms with E-state index >= 15 is 0 Å². The van der Waals surface area contributed by atoms with Gasteiger partial charge >= 0.3 is 12.0 Å². The molecule has 260 valence electrons. The molecule has 47 heavy (non-hydrogen) atoms. The number of hydrogen-bond donors (Lipinski definition) is 2. The fraction of sp³-hybridized carbons (Fsp3) is 0.528. The molecule has 2 N–H and O–H groups in total. The highest BCUT2D eigenvalue weighted by atomic mass is 16.5. The third kappa shape index (κ3) is 12.8. The van der Waals surface area contributed by atoms with Crippen molar-refractivity contribution in [1.82, 2.24) is 20.2 Å². The molecule has 0 spiro atoms. The van der Waals surface area contributed by atoms with Crippen LogP contribution in [0.1, 0.15) is 65.7 Å². The lowest BCUT2D eigenvalue weighted by molar-refractivity contribution is -0.149. The van der Waals surface area contributed by atoms with Crippen LogP contribution in [0.15, 0.2) is 61.7 Å². The summed E-state index contributed by atoms with van der Waals surface area (Å²) in [5, 5.41) is 9.94. The van der Waals surface area contributed by atoms with Crippen molar-refractivity contribution >= 4 is 18.3 Å². The summed E-state index contributed by atoms with van der Waals surface area (Å²) in [6.07, 6.45) is 9.98. The fourth-order valence-electron chi connectivity index (χ4n) is 5.05. The van der Waals surface area contributed by atoms with E-state index in [0.29, 0.717) is 37.3 Å². The summed E-state index contributed by atoms with van der Waals surface area (Å²) in [4.78, 5) is 45.8. The van der Waals surface area contributed by atoms with Gasteiger partial charge in [-0.2, -0.15) is 9.97 Å². The molecule has 2 fully saturated rings. The first kappa shape index (κ1) is 40.8. The summed E-state index contributed by atoms with van der Waals surface area (Å²) >= 11 is 0. The lowest BCUT2D eigenvalue weighted by atomic mass is 10.1. The van der Waals surface area contributed by atoms with Crippen molar-refractivity contribution in [2.24, 2.45) is 11.8 Å². The van der Waals surface area contributed by atoms with Crippen molar-refractivity contribution in [2.75, 3.05) is 34.4 Å². The van der Waals surface area contributed by atoms with Gasteiger partial charge in [0.1, 0.15) is 11.6 Å². The third-order valence-electron chi connectivity index (χ3n) is 7.61. The Morgan fingerprint density at radius 3 is 2.40 bits per heavy atom. The number of nitrogens with one attached hydrogen (secondary N) is 1. The van der Waals surface area contributed by atoms with Crippen LogP contribution in [-0.2, 0) is 19.1 Å². The van der Waals surface area contributed by atoms with Gasteiger partial charge in [0.25, 0.3) is 0 Å². The first-order valence-electron chi connectivity index (χ1n) is 16.3. The topological polar surface area (TPSA) is 140 Å². The number of allylic oxidation sites excluding steroid dienone is 1. The first-order valence-corrected chi connectivity index (χ1v) is 16.3. The minimum Gasteiger partial charge on any atom is -0.474 e. The van der Waals surface area contributed by atoms with Crippen LogP contribution in [0.5, 0.6) is 11.9 Å². The van der Waals surface area contributed by atoms with Gasteiger partial charge in [-0.25, -0.2) is 4.79 Å². The molecular formula is C36H54N4O7. The highest BCUT2D eigenvalue weighted by Gasteiger charge is 2.61. The number of carbonyl (C=O) groups excluding carboxylic acids is 3. The molecule has 0 radical (unpaired) electrons. The standard InChI is InChI=1S/C25H29N3O5.C8H15NO.C2H6.CH4O/c1-4-18-15-25(18,23(30)32-5-2)28-22(29)17-11-12-19(13-17)33-21-14-20(26-24(27-21)31-3)16-9-7-6-8-10-16;1-3-4-5-6-7-9(2)8-10;2*1-2/h4,6-10,14,17-19H,1,5,11-13,15H2,2-3H3,(H,28,29);3,8H,1,4-7H2,2H3;1-2H3;2H,1H3/t17?,18-,19+,25-;;;/m1.../s1. The largest absolute Gasteiger partial charge is 0.474 e. The number of methoxy groups -OCH3 is 1. The van der Waals surface area contributed by atoms with Crippen molar-refractivity contribution in [1.29, 1.82) is 0 Å². The lowest BCUT2D eigenvalue weighted by Crippen LogP contribution is -2.47. The van der Waals surface area contributed by atoms with Crippen LogP contribution in [-0.4, -0.2) is 84.3 Å². The predicted molar refractivity (Wildman–Crippen MR) is 184 cm³/mol. The van der Waals surface area contributed by atoms with E-state index in [2.05, 4.69) is 28.4 Å². The molecule has 0 bridgehead atoms. The number of unbranched alkanes of at least 4 members (excludes halogenated alkanes) is 2. The Morgan fingerprint density at radius 1 is 1.13 bits per heavy atom. The maximum Gasteiger partial charge on any atom is 0.332 e. The van der Waals surface area contributed by atoms with Crippen LogP contribution >= 0.6 is 0 Å². The van der Waals surface area contributed by atoms with E-state index in [-0.39, 0.29) is 36.5 Å². The molecule has 0 saturated heterocycles. The van der Waals surface area contributed by atoms with E-state index in [1.165, 1.54) is 7.11 Å². The van der Waals surface area contributed by atoms with E-state index in [0.717, 1.165) is 44.9 Å². The molecule has 1 unspecified atom stereocenters. The van der Waals surface area contributed by atoms with E-state index in [4.69, 9.17) is 19.3 Å². The molecule has 2 saturated carbocycles. The molecule has 11 nitrogen and oxygen atoms in total. The molecule has 2 aliphatic rings. The summed E-state index contributed by atoms with van der Waals surface area (Å²) < 4.78 is 16.5. The molecule has 1 aromatic heterocycles. The number of aromatic nitrogens is 2. The number of esters is 1. The summed E-state index contributed by atoms with van der Waals surface area (Å²) in [5.74, 6) is -0.480. The molecule has 2 amide bonds. The number of carbonyl (C=O) groups is 3. The Bertz CT molecular complexity index is 1240. The van der Waals surface area contributed by atoms with Gasteiger partial charge in [0.2, 0.25) is 18.2 Å². The van der Waals surface area contributed by atoms with E-state index < -0.39 is 11.5 Å². The monoisotopic (exact) mass is 654 g/mol. The highest BCUT2D eigenvalue weighted by molar-refractivity contribution is 5.92. The highest BCUT2D eigenvalue weighted by Crippen LogP contribution is 2.46. The molecule has 11 heteroatoms. The maximum absolute atomic E-state index is 13.0. The van der Waals surface area contributed by atoms with Gasteiger partial charge in [0.05, 0.1) is 19.4 Å². The van der Waals surface area contributed by atoms with Gasteiger partial charge in [-0.1, -0.05) is 56.3 Å². The normalized spacial score (nSPS) is 20.2. The summed E-state index contributed by atoms with van der Waals surface area (Å²) in [5.41, 5.74) is 0.654. The number of ether oxygens (including phenoxy) is 3. The Hall–Kier alpha value is -4.25. The fourth-order valence-corrected chi connectivity index (χ4v) is 5.05. The minimum atomic E-state index is -0.974. The van der Waals surface area contributed by atoms with Crippen molar-refractivity contribution in [2.45, 2.75) is 77.4 Å². The molecule has 0 aliphatic heterocycles. The molecule has 4 rings (SSSR count). The van der Waals surface area contributed by atoms with E-state index in [1.807, 2.05) is 50.3 Å². The zero-order valence-electron chi connectivity index (χ0n) is 28.9. The van der Waals surface area contributed by atoms with Crippen LogP contribution in [0.2, 0.25) is 0 Å². The molecular weight excluding hydrogens is 600 g/mol. The zero-order chi connectivity index (χ0) is 35.2. The molecule has 1 heterocycles. The maximum atomic E-state index is 13.0. The quantitative estimate of drug-likeness (QED) is 0.112. The van der Waals surface area contributed by atoms with Gasteiger partial charge in [0.15, 0.2) is 0 Å². The van der Waals surface area contributed by atoms with Crippen LogP contribution in [0.3, 0.4) is 0 Å². The van der Waals surface area contributed by atoms with Crippen molar-refractivity contribution in [3.8, 4) is 23.1 Å². The van der Waals surface area contributed by atoms with Crippen molar-refractivity contribution < 1.29 is 33.7 Å². The zero-order valence-corrected chi connectivity index (χ0v) is 28.9. The van der Waals surface area contributed by atoms with Gasteiger partial charge in [0, 0.05) is 44.2 Å². The molecule has 1 aromatic carbocycles.